The molecule has 9 aromatic carbocycles. The highest BCUT2D eigenvalue weighted by molar-refractivity contribution is 6.06. The zero-order valence-corrected chi connectivity index (χ0v) is 31.6. The molecule has 0 saturated heterocycles. The average Bonchev–Trinajstić information content (AvgIpc) is 3.91. The number of anilines is 6. The minimum absolute atomic E-state index is 0.720. The smallest absolute Gasteiger partial charge is 0.135 e. The van der Waals surface area contributed by atoms with Gasteiger partial charge in [0, 0.05) is 44.8 Å². The van der Waals surface area contributed by atoms with Gasteiger partial charge in [0.15, 0.2) is 0 Å². The van der Waals surface area contributed by atoms with Crippen LogP contribution in [0.5, 0.6) is 0 Å². The van der Waals surface area contributed by atoms with Crippen LogP contribution in [-0.4, -0.2) is 0 Å². The van der Waals surface area contributed by atoms with E-state index >= 15 is 0 Å². The number of nitrogens with zero attached hydrogens (tertiary/aromatic N) is 2. The van der Waals surface area contributed by atoms with Crippen molar-refractivity contribution in [3.8, 4) is 22.3 Å². The number of hydrogen-bond donors (Lipinski definition) is 0. The van der Waals surface area contributed by atoms with Crippen LogP contribution in [0.15, 0.2) is 223 Å². The van der Waals surface area contributed by atoms with Crippen molar-refractivity contribution in [3.05, 3.63) is 241 Å². The summed E-state index contributed by atoms with van der Waals surface area (Å²) in [6, 6.07) is 78.9. The lowest BCUT2D eigenvalue weighted by atomic mass is 9.73. The summed E-state index contributed by atoms with van der Waals surface area (Å²) in [5.74, 6) is 0.978. The topological polar surface area (TPSA) is 19.6 Å². The number of rotatable bonds is 6. The SMILES string of the molecule is c1ccc(N(c2ccccc2)c2ccc3c(c2)C2(c4ccccc4-c4ccc(N(c5ccccc5)c5cccc6ccccc56)cc42)c2oc4ccccc4c2-3)cc1. The lowest BCUT2D eigenvalue weighted by Crippen LogP contribution is -2.26. The van der Waals surface area contributed by atoms with Crippen molar-refractivity contribution < 1.29 is 4.42 Å². The summed E-state index contributed by atoms with van der Waals surface area (Å²) in [7, 11) is 0. The quantitative estimate of drug-likeness (QED) is 0.169. The highest BCUT2D eigenvalue weighted by Crippen LogP contribution is 2.65. The van der Waals surface area contributed by atoms with E-state index in [1.54, 1.807) is 0 Å². The van der Waals surface area contributed by atoms with Crippen LogP contribution in [0.25, 0.3) is 44.0 Å². The maximum Gasteiger partial charge on any atom is 0.135 e. The van der Waals surface area contributed by atoms with Crippen molar-refractivity contribution in [2.75, 3.05) is 9.80 Å². The predicted molar refractivity (Wildman–Crippen MR) is 239 cm³/mol. The van der Waals surface area contributed by atoms with Crippen LogP contribution in [0, 0.1) is 0 Å². The summed E-state index contributed by atoms with van der Waals surface area (Å²) in [5, 5.41) is 3.54. The first-order valence-electron chi connectivity index (χ1n) is 19.9. The van der Waals surface area contributed by atoms with Gasteiger partial charge in [0.05, 0.1) is 5.69 Å². The number of benzene rings is 9. The molecule has 12 rings (SSSR count). The van der Waals surface area contributed by atoms with Crippen LogP contribution < -0.4 is 9.80 Å². The first kappa shape index (κ1) is 32.6. The number of hydrogen-bond acceptors (Lipinski definition) is 3. The van der Waals surface area contributed by atoms with Gasteiger partial charge < -0.3 is 14.2 Å². The Kier molecular flexibility index (Phi) is 7.14. The minimum atomic E-state index is -0.720. The molecule has 3 heteroatoms. The molecule has 3 nitrogen and oxygen atoms in total. The van der Waals surface area contributed by atoms with Crippen molar-refractivity contribution in [2.24, 2.45) is 0 Å². The Morgan fingerprint density at radius 2 is 0.862 bits per heavy atom. The van der Waals surface area contributed by atoms with Crippen LogP contribution >= 0.6 is 0 Å². The van der Waals surface area contributed by atoms with E-state index in [0.29, 0.717) is 0 Å². The zero-order valence-electron chi connectivity index (χ0n) is 31.6. The van der Waals surface area contributed by atoms with Crippen molar-refractivity contribution in [2.45, 2.75) is 5.41 Å². The zero-order chi connectivity index (χ0) is 38.2. The molecule has 1 atom stereocenters. The molecule has 2 aliphatic rings. The summed E-state index contributed by atoms with van der Waals surface area (Å²) in [6.07, 6.45) is 0. The van der Waals surface area contributed by atoms with Gasteiger partial charge in [-0.15, -0.1) is 0 Å². The summed E-state index contributed by atoms with van der Waals surface area (Å²) < 4.78 is 7.21. The number of para-hydroxylation sites is 4. The van der Waals surface area contributed by atoms with Gasteiger partial charge in [0.2, 0.25) is 0 Å². The summed E-state index contributed by atoms with van der Waals surface area (Å²) in [5.41, 5.74) is 15.3. The maximum atomic E-state index is 7.21. The van der Waals surface area contributed by atoms with Gasteiger partial charge in [-0.3, -0.25) is 0 Å². The van der Waals surface area contributed by atoms with Crippen LogP contribution in [0.1, 0.15) is 22.5 Å². The third-order valence-corrected chi connectivity index (χ3v) is 12.2. The summed E-state index contributed by atoms with van der Waals surface area (Å²) >= 11 is 0. The van der Waals surface area contributed by atoms with E-state index in [4.69, 9.17) is 4.42 Å². The molecule has 0 saturated carbocycles. The van der Waals surface area contributed by atoms with Crippen molar-refractivity contribution in [3.63, 3.8) is 0 Å². The third-order valence-electron chi connectivity index (χ3n) is 12.2. The van der Waals surface area contributed by atoms with Crippen LogP contribution in [-0.2, 0) is 5.41 Å². The van der Waals surface area contributed by atoms with E-state index in [2.05, 4.69) is 228 Å². The summed E-state index contributed by atoms with van der Waals surface area (Å²) in [4.78, 5) is 4.78. The van der Waals surface area contributed by atoms with E-state index in [1.807, 2.05) is 0 Å². The Bertz CT molecular complexity index is 3140. The van der Waals surface area contributed by atoms with E-state index < -0.39 is 5.41 Å². The molecular formula is C55H36N2O. The molecule has 0 amide bonds. The lowest BCUT2D eigenvalue weighted by Gasteiger charge is -2.32. The Labute approximate surface area is 337 Å². The first-order chi connectivity index (χ1) is 28.8. The molecule has 1 heterocycles. The molecule has 272 valence electrons. The second-order valence-electron chi connectivity index (χ2n) is 15.2. The van der Waals surface area contributed by atoms with Gasteiger partial charge in [0.1, 0.15) is 16.8 Å². The fourth-order valence-corrected chi connectivity index (χ4v) is 9.85. The standard InChI is InChI=1S/C55H36N2O/c1-4-19-38(20-5-1)56(39-21-6-2-7-22-39)41-32-34-46-50(35-41)55(54-53(46)47-27-13-15-30-52(47)58-54)48-28-14-12-26-44(48)45-33-31-42(36-49(45)55)57(40-23-8-3-9-24-40)51-29-16-18-37-17-10-11-25-43(37)51/h1-36H. The Morgan fingerprint density at radius 3 is 1.59 bits per heavy atom. The van der Waals surface area contributed by atoms with E-state index in [9.17, 15) is 0 Å². The Balaban J connectivity index is 1.17. The molecule has 0 bridgehead atoms. The fraction of sp³-hybridized carbons (Fsp3) is 0.0182. The van der Waals surface area contributed by atoms with Gasteiger partial charge in [0.25, 0.3) is 0 Å². The van der Waals surface area contributed by atoms with Crippen LogP contribution in [0.3, 0.4) is 0 Å². The normalized spacial score (nSPS) is 14.6. The van der Waals surface area contributed by atoms with E-state index in [-0.39, 0.29) is 0 Å². The van der Waals surface area contributed by atoms with Gasteiger partial charge in [-0.05, 0) is 112 Å². The molecule has 1 spiro atoms. The second kappa shape index (κ2) is 12.7. The first-order valence-corrected chi connectivity index (χ1v) is 19.9. The van der Waals surface area contributed by atoms with Crippen molar-refractivity contribution in [1.82, 2.24) is 0 Å². The number of fused-ring (bicyclic) bond motifs is 13. The maximum absolute atomic E-state index is 7.21. The monoisotopic (exact) mass is 740 g/mol. The molecule has 10 aromatic rings. The molecule has 1 unspecified atom stereocenters. The Morgan fingerprint density at radius 1 is 0.345 bits per heavy atom. The van der Waals surface area contributed by atoms with E-state index in [1.165, 1.54) is 49.7 Å². The fourth-order valence-electron chi connectivity index (χ4n) is 9.85. The van der Waals surface area contributed by atoms with Crippen molar-refractivity contribution >= 4 is 55.9 Å². The predicted octanol–water partition coefficient (Wildman–Crippen LogP) is 14.9. The van der Waals surface area contributed by atoms with E-state index in [0.717, 1.165) is 50.9 Å². The van der Waals surface area contributed by atoms with Gasteiger partial charge in [-0.25, -0.2) is 0 Å². The minimum Gasteiger partial charge on any atom is -0.459 e. The van der Waals surface area contributed by atoms with Gasteiger partial charge in [-0.1, -0.05) is 146 Å². The molecule has 58 heavy (non-hydrogen) atoms. The molecule has 0 aliphatic heterocycles. The highest BCUT2D eigenvalue weighted by atomic mass is 16.3. The molecule has 0 radical (unpaired) electrons. The van der Waals surface area contributed by atoms with Gasteiger partial charge in [-0.2, -0.15) is 0 Å². The number of furan rings is 1. The summed E-state index contributed by atoms with van der Waals surface area (Å²) in [6.45, 7) is 0. The van der Waals surface area contributed by atoms with Crippen molar-refractivity contribution in [1.29, 1.82) is 0 Å². The Hall–Kier alpha value is -7.62. The third kappa shape index (κ3) is 4.62. The lowest BCUT2D eigenvalue weighted by molar-refractivity contribution is 0.507. The highest BCUT2D eigenvalue weighted by Gasteiger charge is 2.55. The average molecular weight is 741 g/mol. The molecule has 2 aliphatic carbocycles. The van der Waals surface area contributed by atoms with Gasteiger partial charge >= 0.3 is 0 Å². The van der Waals surface area contributed by atoms with Crippen LogP contribution in [0.4, 0.5) is 34.1 Å². The molecular weight excluding hydrogens is 705 g/mol. The van der Waals surface area contributed by atoms with Crippen LogP contribution in [0.2, 0.25) is 0 Å². The largest absolute Gasteiger partial charge is 0.459 e. The molecule has 1 aromatic heterocycles. The molecule has 0 fully saturated rings. The second-order valence-corrected chi connectivity index (χ2v) is 15.2. The molecule has 0 N–H and O–H groups in total.